The summed E-state index contributed by atoms with van der Waals surface area (Å²) in [4.78, 5) is 11.7. The molecule has 0 aromatic carbocycles. The molecule has 0 radical (unpaired) electrons. The molecule has 0 fully saturated rings. The average molecular weight is 226 g/mol. The lowest BCUT2D eigenvalue weighted by atomic mass is 10.0. The van der Waals surface area contributed by atoms with Gasteiger partial charge in [0.1, 0.15) is 0 Å². The van der Waals surface area contributed by atoms with Gasteiger partial charge in [-0.2, -0.15) is 0 Å². The van der Waals surface area contributed by atoms with Crippen LogP contribution in [0.3, 0.4) is 0 Å². The third-order valence-corrected chi connectivity index (χ3v) is 2.82. The topological polar surface area (TPSA) is 64.3 Å². The Labute approximate surface area is 97.2 Å². The van der Waals surface area contributed by atoms with Gasteiger partial charge in [0.15, 0.2) is 0 Å². The molecule has 0 heterocycles. The van der Waals surface area contributed by atoms with Crippen LogP contribution in [-0.2, 0) is 9.53 Å². The Morgan fingerprint density at radius 3 is 3.06 bits per heavy atom. The summed E-state index contributed by atoms with van der Waals surface area (Å²) < 4.78 is 4.93. The highest BCUT2D eigenvalue weighted by molar-refractivity contribution is 5.81. The van der Waals surface area contributed by atoms with Crippen LogP contribution in [0.25, 0.3) is 0 Å². The molecule has 92 valence electrons. The number of amides is 1. The van der Waals surface area contributed by atoms with E-state index in [0.717, 1.165) is 25.7 Å². The summed E-state index contributed by atoms with van der Waals surface area (Å²) in [6.07, 6.45) is 8.78. The van der Waals surface area contributed by atoms with Crippen molar-refractivity contribution in [2.24, 2.45) is 5.73 Å². The van der Waals surface area contributed by atoms with E-state index in [1.54, 1.807) is 7.11 Å². The van der Waals surface area contributed by atoms with E-state index in [4.69, 9.17) is 10.5 Å². The molecule has 1 aliphatic rings. The second kappa shape index (κ2) is 7.41. The molecule has 0 spiro atoms. The van der Waals surface area contributed by atoms with Gasteiger partial charge in [-0.3, -0.25) is 4.79 Å². The molecule has 3 N–H and O–H groups in total. The predicted molar refractivity (Wildman–Crippen MR) is 64.0 cm³/mol. The molecule has 0 saturated carbocycles. The van der Waals surface area contributed by atoms with Crippen molar-refractivity contribution in [2.75, 3.05) is 13.7 Å². The predicted octanol–water partition coefficient (Wildman–Crippen LogP) is 0.965. The van der Waals surface area contributed by atoms with Crippen LogP contribution >= 0.6 is 0 Å². The highest BCUT2D eigenvalue weighted by Crippen LogP contribution is 2.10. The van der Waals surface area contributed by atoms with Crippen LogP contribution in [-0.4, -0.2) is 31.7 Å². The molecule has 16 heavy (non-hydrogen) atoms. The van der Waals surface area contributed by atoms with Crippen molar-refractivity contribution in [3.8, 4) is 0 Å². The summed E-state index contributed by atoms with van der Waals surface area (Å²) in [5.74, 6) is -0.0311. The first-order valence-corrected chi connectivity index (χ1v) is 5.94. The molecule has 2 atom stereocenters. The van der Waals surface area contributed by atoms with Crippen molar-refractivity contribution in [1.29, 1.82) is 0 Å². The van der Waals surface area contributed by atoms with Gasteiger partial charge in [-0.15, -0.1) is 0 Å². The van der Waals surface area contributed by atoms with Crippen LogP contribution in [0, 0.1) is 0 Å². The van der Waals surface area contributed by atoms with Crippen molar-refractivity contribution in [1.82, 2.24) is 5.32 Å². The lowest BCUT2D eigenvalue weighted by Crippen LogP contribution is -2.45. The number of allylic oxidation sites excluding steroid dienone is 1. The minimum Gasteiger partial charge on any atom is -0.385 e. The summed E-state index contributed by atoms with van der Waals surface area (Å²) in [6.45, 7) is 0.660. The van der Waals surface area contributed by atoms with Crippen LogP contribution in [0.15, 0.2) is 12.2 Å². The molecule has 0 bridgehead atoms. The second-order valence-corrected chi connectivity index (χ2v) is 4.23. The standard InChI is InChI=1S/C12H22N2O2/c1-16-9-5-8-11(13)12(15)14-10-6-3-2-4-7-10/h2-3,10-11H,4-9,13H2,1H3,(H,14,15). The molecule has 0 aromatic rings. The van der Waals surface area contributed by atoms with Gasteiger partial charge in [-0.1, -0.05) is 12.2 Å². The lowest BCUT2D eigenvalue weighted by molar-refractivity contribution is -0.123. The lowest BCUT2D eigenvalue weighted by Gasteiger charge is -2.21. The van der Waals surface area contributed by atoms with Crippen LogP contribution in [0.1, 0.15) is 32.1 Å². The zero-order valence-corrected chi connectivity index (χ0v) is 9.95. The average Bonchev–Trinajstić information content (AvgIpc) is 2.30. The third-order valence-electron chi connectivity index (χ3n) is 2.82. The second-order valence-electron chi connectivity index (χ2n) is 4.23. The first-order valence-electron chi connectivity index (χ1n) is 5.94. The first kappa shape index (κ1) is 13.2. The van der Waals surface area contributed by atoms with Crippen LogP contribution in [0.2, 0.25) is 0 Å². The maximum absolute atomic E-state index is 11.7. The maximum atomic E-state index is 11.7. The maximum Gasteiger partial charge on any atom is 0.237 e. The van der Waals surface area contributed by atoms with Crippen LogP contribution in [0.4, 0.5) is 0 Å². The Morgan fingerprint density at radius 1 is 1.62 bits per heavy atom. The van der Waals surface area contributed by atoms with E-state index in [9.17, 15) is 4.79 Å². The Balaban J connectivity index is 2.19. The summed E-state index contributed by atoms with van der Waals surface area (Å²) >= 11 is 0. The minimum absolute atomic E-state index is 0.0311. The highest BCUT2D eigenvalue weighted by atomic mass is 16.5. The molecule has 4 nitrogen and oxygen atoms in total. The number of hydrogen-bond donors (Lipinski definition) is 2. The molecule has 1 rings (SSSR count). The fourth-order valence-corrected chi connectivity index (χ4v) is 1.81. The Kier molecular flexibility index (Phi) is 6.11. The molecule has 0 saturated heterocycles. The number of nitrogens with two attached hydrogens (primary N) is 1. The molecular formula is C12H22N2O2. The van der Waals surface area contributed by atoms with E-state index in [1.807, 2.05) is 0 Å². The zero-order valence-electron chi connectivity index (χ0n) is 9.95. The van der Waals surface area contributed by atoms with E-state index in [1.165, 1.54) is 0 Å². The number of nitrogens with one attached hydrogen (secondary N) is 1. The SMILES string of the molecule is COCCCC(N)C(=O)NC1CC=CCC1. The summed E-state index contributed by atoms with van der Waals surface area (Å²) in [5.41, 5.74) is 5.79. The normalized spacial score (nSPS) is 21.8. The summed E-state index contributed by atoms with van der Waals surface area (Å²) in [6, 6.07) is -0.132. The van der Waals surface area contributed by atoms with Gasteiger partial charge in [-0.05, 0) is 32.1 Å². The number of carbonyl (C=O) groups excluding carboxylic acids is 1. The third kappa shape index (κ3) is 4.77. The largest absolute Gasteiger partial charge is 0.385 e. The van der Waals surface area contributed by atoms with E-state index in [2.05, 4.69) is 17.5 Å². The number of methoxy groups -OCH3 is 1. The van der Waals surface area contributed by atoms with E-state index in [-0.39, 0.29) is 11.9 Å². The van der Waals surface area contributed by atoms with Gasteiger partial charge in [0.25, 0.3) is 0 Å². The van der Waals surface area contributed by atoms with E-state index >= 15 is 0 Å². The summed E-state index contributed by atoms with van der Waals surface area (Å²) in [5, 5.41) is 2.99. The van der Waals surface area contributed by atoms with E-state index in [0.29, 0.717) is 13.0 Å². The van der Waals surface area contributed by atoms with Crippen molar-refractivity contribution in [2.45, 2.75) is 44.2 Å². The van der Waals surface area contributed by atoms with Gasteiger partial charge in [-0.25, -0.2) is 0 Å². The molecule has 4 heteroatoms. The smallest absolute Gasteiger partial charge is 0.237 e. The van der Waals surface area contributed by atoms with E-state index < -0.39 is 6.04 Å². The number of hydrogen-bond acceptors (Lipinski definition) is 3. The minimum atomic E-state index is -0.402. The highest BCUT2D eigenvalue weighted by Gasteiger charge is 2.17. The van der Waals surface area contributed by atoms with Crippen molar-refractivity contribution in [3.63, 3.8) is 0 Å². The van der Waals surface area contributed by atoms with Gasteiger partial charge in [0.05, 0.1) is 6.04 Å². The molecule has 0 aromatic heterocycles. The zero-order chi connectivity index (χ0) is 11.8. The van der Waals surface area contributed by atoms with Crippen LogP contribution < -0.4 is 11.1 Å². The van der Waals surface area contributed by atoms with Crippen molar-refractivity contribution < 1.29 is 9.53 Å². The van der Waals surface area contributed by atoms with Crippen molar-refractivity contribution >= 4 is 5.91 Å². The Bertz CT molecular complexity index is 241. The number of ether oxygens (including phenoxy) is 1. The number of carbonyl (C=O) groups is 1. The number of rotatable bonds is 6. The fourth-order valence-electron chi connectivity index (χ4n) is 1.81. The first-order chi connectivity index (χ1) is 7.74. The molecule has 1 aliphatic carbocycles. The van der Waals surface area contributed by atoms with Crippen LogP contribution in [0.5, 0.6) is 0 Å². The van der Waals surface area contributed by atoms with Gasteiger partial charge >= 0.3 is 0 Å². The quantitative estimate of drug-likeness (QED) is 0.524. The van der Waals surface area contributed by atoms with Gasteiger partial charge in [0, 0.05) is 19.8 Å². The van der Waals surface area contributed by atoms with Gasteiger partial charge in [0.2, 0.25) is 5.91 Å². The molecule has 2 unspecified atom stereocenters. The summed E-state index contributed by atoms with van der Waals surface area (Å²) in [7, 11) is 1.65. The molecule has 1 amide bonds. The fraction of sp³-hybridized carbons (Fsp3) is 0.750. The molecular weight excluding hydrogens is 204 g/mol. The molecule has 0 aliphatic heterocycles. The Morgan fingerprint density at radius 2 is 2.44 bits per heavy atom. The Hall–Kier alpha value is -0.870. The van der Waals surface area contributed by atoms with Crippen molar-refractivity contribution in [3.05, 3.63) is 12.2 Å². The van der Waals surface area contributed by atoms with Gasteiger partial charge < -0.3 is 15.8 Å². The monoisotopic (exact) mass is 226 g/mol.